The molecule has 2 heterocycles. The summed E-state index contributed by atoms with van der Waals surface area (Å²) in [4.78, 5) is 22.7. The van der Waals surface area contributed by atoms with Gasteiger partial charge in [0.05, 0.1) is 12.6 Å². The van der Waals surface area contributed by atoms with Crippen molar-refractivity contribution >= 4 is 5.91 Å². The van der Waals surface area contributed by atoms with E-state index in [0.717, 1.165) is 18.7 Å². The maximum absolute atomic E-state index is 12.5. The smallest absolute Gasteiger partial charge is 0.236 e. The topological polar surface area (TPSA) is 63.5 Å². The molecule has 6 nitrogen and oxygen atoms in total. The second-order valence-electron chi connectivity index (χ2n) is 6.77. The van der Waals surface area contributed by atoms with Gasteiger partial charge in [0, 0.05) is 45.1 Å². The molecule has 1 saturated heterocycles. The summed E-state index contributed by atoms with van der Waals surface area (Å²) in [5, 5.41) is 9.30. The molecule has 0 saturated carbocycles. The van der Waals surface area contributed by atoms with E-state index in [1.807, 2.05) is 35.2 Å². The average molecular weight is 329 g/mol. The summed E-state index contributed by atoms with van der Waals surface area (Å²) >= 11 is 0. The quantitative estimate of drug-likeness (QED) is 0.785. The molecule has 0 unspecified atom stereocenters. The van der Waals surface area contributed by atoms with Crippen LogP contribution in [0.3, 0.4) is 0 Å². The van der Waals surface area contributed by atoms with E-state index in [9.17, 15) is 10.1 Å². The Hall–Kier alpha value is -1.97. The molecule has 0 radical (unpaired) electrons. The van der Waals surface area contributed by atoms with Crippen molar-refractivity contribution in [3.63, 3.8) is 0 Å². The fourth-order valence-corrected chi connectivity index (χ4v) is 3.09. The van der Waals surface area contributed by atoms with Crippen molar-refractivity contribution in [2.45, 2.75) is 26.4 Å². The Morgan fingerprint density at radius 3 is 2.62 bits per heavy atom. The summed E-state index contributed by atoms with van der Waals surface area (Å²) in [5.41, 5.74) is 1.10. The third-order valence-corrected chi connectivity index (χ3v) is 4.40. The third-order valence-electron chi connectivity index (χ3n) is 4.40. The van der Waals surface area contributed by atoms with Gasteiger partial charge in [-0.2, -0.15) is 5.26 Å². The van der Waals surface area contributed by atoms with Gasteiger partial charge in [0.15, 0.2) is 0 Å². The van der Waals surface area contributed by atoms with E-state index in [0.29, 0.717) is 32.1 Å². The Kier molecular flexibility index (Phi) is 6.71. The van der Waals surface area contributed by atoms with E-state index >= 15 is 0 Å². The van der Waals surface area contributed by atoms with Crippen molar-refractivity contribution in [1.82, 2.24) is 19.7 Å². The number of pyridine rings is 1. The molecule has 0 spiro atoms. The fourth-order valence-electron chi connectivity index (χ4n) is 3.09. The molecule has 1 fully saturated rings. The van der Waals surface area contributed by atoms with Crippen LogP contribution in [0.2, 0.25) is 0 Å². The van der Waals surface area contributed by atoms with E-state index in [2.05, 4.69) is 29.8 Å². The van der Waals surface area contributed by atoms with Gasteiger partial charge in [-0.25, -0.2) is 0 Å². The third kappa shape index (κ3) is 5.02. The first kappa shape index (κ1) is 18.4. The van der Waals surface area contributed by atoms with E-state index in [1.165, 1.54) is 0 Å². The van der Waals surface area contributed by atoms with Gasteiger partial charge in [-0.05, 0) is 24.6 Å². The number of carbonyl (C=O) groups excluding carboxylic acids is 1. The monoisotopic (exact) mass is 329 g/mol. The highest BCUT2D eigenvalue weighted by atomic mass is 16.2. The van der Waals surface area contributed by atoms with Crippen LogP contribution in [-0.4, -0.2) is 71.4 Å². The van der Waals surface area contributed by atoms with E-state index in [4.69, 9.17) is 0 Å². The zero-order valence-electron chi connectivity index (χ0n) is 14.9. The predicted octanol–water partition coefficient (Wildman–Crippen LogP) is 1.21. The average Bonchev–Trinajstić information content (AvgIpc) is 2.56. The second-order valence-corrected chi connectivity index (χ2v) is 6.77. The van der Waals surface area contributed by atoms with Crippen molar-refractivity contribution in [3.05, 3.63) is 30.1 Å². The molecule has 0 bridgehead atoms. The molecule has 1 atom stereocenters. The number of aromatic nitrogens is 1. The van der Waals surface area contributed by atoms with E-state index in [1.54, 1.807) is 6.20 Å². The van der Waals surface area contributed by atoms with Gasteiger partial charge in [0.2, 0.25) is 5.91 Å². The van der Waals surface area contributed by atoms with Crippen LogP contribution in [-0.2, 0) is 11.3 Å². The summed E-state index contributed by atoms with van der Waals surface area (Å²) in [6, 6.07) is 6.25. The van der Waals surface area contributed by atoms with Crippen LogP contribution in [0.1, 0.15) is 19.4 Å². The Balaban J connectivity index is 1.79. The normalized spacial score (nSPS) is 17.1. The molecule has 6 heteroatoms. The molecule has 1 aromatic rings. The minimum atomic E-state index is -0.0597. The number of piperazine rings is 1. The van der Waals surface area contributed by atoms with Crippen molar-refractivity contribution < 1.29 is 4.79 Å². The van der Waals surface area contributed by atoms with E-state index < -0.39 is 0 Å². The summed E-state index contributed by atoms with van der Waals surface area (Å²) in [6.07, 6.45) is 3.58. The Morgan fingerprint density at radius 1 is 1.38 bits per heavy atom. The lowest BCUT2D eigenvalue weighted by Crippen LogP contribution is -2.54. The summed E-state index contributed by atoms with van der Waals surface area (Å²) in [5.74, 6) is 0.460. The maximum atomic E-state index is 12.5. The summed E-state index contributed by atoms with van der Waals surface area (Å²) < 4.78 is 0. The molecule has 0 aliphatic carbocycles. The molecular weight excluding hydrogens is 302 g/mol. The zero-order valence-corrected chi connectivity index (χ0v) is 14.9. The van der Waals surface area contributed by atoms with Crippen molar-refractivity contribution in [2.24, 2.45) is 5.92 Å². The van der Waals surface area contributed by atoms with Crippen LogP contribution < -0.4 is 0 Å². The molecule has 0 N–H and O–H groups in total. The van der Waals surface area contributed by atoms with Gasteiger partial charge in [0.1, 0.15) is 6.04 Å². The van der Waals surface area contributed by atoms with Crippen LogP contribution >= 0.6 is 0 Å². The number of hydrogen-bond acceptors (Lipinski definition) is 5. The van der Waals surface area contributed by atoms with Gasteiger partial charge < -0.3 is 4.90 Å². The van der Waals surface area contributed by atoms with Gasteiger partial charge in [0.25, 0.3) is 0 Å². The Morgan fingerprint density at radius 2 is 2.08 bits per heavy atom. The lowest BCUT2D eigenvalue weighted by atomic mass is 10.0. The molecule has 0 aromatic carbocycles. The van der Waals surface area contributed by atoms with Gasteiger partial charge in [-0.1, -0.05) is 19.9 Å². The highest BCUT2D eigenvalue weighted by Crippen LogP contribution is 2.13. The van der Waals surface area contributed by atoms with Crippen LogP contribution in [0.25, 0.3) is 0 Å². The van der Waals surface area contributed by atoms with Crippen LogP contribution in [0, 0.1) is 17.2 Å². The zero-order chi connectivity index (χ0) is 17.5. The number of carbonyl (C=O) groups is 1. The number of amides is 1. The molecule has 1 aromatic heterocycles. The standard InChI is InChI=1S/C18H27N5O/c1-15(2)17(11-19)22-7-9-23(10-8-22)18(24)14-21(3)13-16-5-4-6-20-12-16/h4-6,12,15,17H,7-10,13-14H2,1-3H3/t17-/m0/s1. The largest absolute Gasteiger partial charge is 0.339 e. The van der Waals surface area contributed by atoms with Crippen LogP contribution in [0.4, 0.5) is 0 Å². The first-order chi connectivity index (χ1) is 11.5. The minimum Gasteiger partial charge on any atom is -0.339 e. The molecule has 24 heavy (non-hydrogen) atoms. The van der Waals surface area contributed by atoms with Gasteiger partial charge >= 0.3 is 0 Å². The molecular formula is C18H27N5O. The second kappa shape index (κ2) is 8.76. The van der Waals surface area contributed by atoms with Crippen LogP contribution in [0.5, 0.6) is 0 Å². The number of nitrogens with zero attached hydrogens (tertiary/aromatic N) is 5. The van der Waals surface area contributed by atoms with Crippen molar-refractivity contribution in [3.8, 4) is 6.07 Å². The fraction of sp³-hybridized carbons (Fsp3) is 0.611. The van der Waals surface area contributed by atoms with Gasteiger partial charge in [-0.3, -0.25) is 19.6 Å². The first-order valence-corrected chi connectivity index (χ1v) is 8.50. The number of nitriles is 1. The lowest BCUT2D eigenvalue weighted by Gasteiger charge is -2.38. The van der Waals surface area contributed by atoms with Crippen molar-refractivity contribution in [2.75, 3.05) is 39.8 Å². The summed E-state index contributed by atoms with van der Waals surface area (Å²) in [7, 11) is 1.95. The molecule has 1 amide bonds. The van der Waals surface area contributed by atoms with E-state index in [-0.39, 0.29) is 11.9 Å². The Bertz CT molecular complexity index is 561. The van der Waals surface area contributed by atoms with Gasteiger partial charge in [-0.15, -0.1) is 0 Å². The molecule has 130 valence electrons. The highest BCUT2D eigenvalue weighted by molar-refractivity contribution is 5.78. The van der Waals surface area contributed by atoms with Crippen molar-refractivity contribution in [1.29, 1.82) is 5.26 Å². The predicted molar refractivity (Wildman–Crippen MR) is 93.0 cm³/mol. The Labute approximate surface area is 144 Å². The SMILES string of the molecule is CC(C)[C@H](C#N)N1CCN(C(=O)CN(C)Cc2cccnc2)CC1. The number of likely N-dealkylation sites (N-methyl/N-ethyl adjacent to an activating group) is 1. The molecule has 1 aliphatic heterocycles. The summed E-state index contributed by atoms with van der Waals surface area (Å²) in [6.45, 7) is 8.19. The number of rotatable bonds is 6. The van der Waals surface area contributed by atoms with Crippen LogP contribution in [0.15, 0.2) is 24.5 Å². The maximum Gasteiger partial charge on any atom is 0.236 e. The number of hydrogen-bond donors (Lipinski definition) is 0. The highest BCUT2D eigenvalue weighted by Gasteiger charge is 2.27. The lowest BCUT2D eigenvalue weighted by molar-refractivity contribution is -0.134. The minimum absolute atomic E-state index is 0.0597. The molecule has 2 rings (SSSR count). The molecule has 1 aliphatic rings. The first-order valence-electron chi connectivity index (χ1n) is 8.50.